The summed E-state index contributed by atoms with van der Waals surface area (Å²) in [6.45, 7) is 0.594. The van der Waals surface area contributed by atoms with Crippen molar-refractivity contribution in [3.8, 4) is 5.69 Å². The van der Waals surface area contributed by atoms with Gasteiger partial charge in [-0.1, -0.05) is 0 Å². The predicted octanol–water partition coefficient (Wildman–Crippen LogP) is 4.90. The molecule has 33 heavy (non-hydrogen) atoms. The topological polar surface area (TPSA) is 44.0 Å². The molecule has 0 aliphatic heterocycles. The van der Waals surface area contributed by atoms with Crippen LogP contribution in [-0.2, 0) is 6.54 Å². The molecular weight excluding hydrogens is 582 g/mol. The Kier molecular flexibility index (Phi) is 4.56. The molecule has 0 bridgehead atoms. The Morgan fingerprint density at radius 2 is 1.30 bits per heavy atom. The third-order valence-corrected chi connectivity index (χ3v) is 12.1. The van der Waals surface area contributed by atoms with Crippen molar-refractivity contribution in [1.82, 2.24) is 7.12 Å². The van der Waals surface area contributed by atoms with Crippen molar-refractivity contribution in [2.45, 2.75) is 6.54 Å². The summed E-state index contributed by atoms with van der Waals surface area (Å²) < 4.78 is 8.66. The van der Waals surface area contributed by atoms with Gasteiger partial charge < -0.3 is 0 Å². The molecule has 0 aliphatic carbocycles. The van der Waals surface area contributed by atoms with Gasteiger partial charge in [-0.15, -0.1) is 0 Å². The second-order valence-corrected chi connectivity index (χ2v) is 14.1. The van der Waals surface area contributed by atoms with Crippen LogP contribution in [0.3, 0.4) is 0 Å². The van der Waals surface area contributed by atoms with Crippen LogP contribution in [0.25, 0.3) is 45.2 Å². The Bertz CT molecular complexity index is 1950. The number of fused-ring (bicyclic) bond motifs is 4. The second-order valence-electron chi connectivity index (χ2n) is 7.90. The van der Waals surface area contributed by atoms with Gasteiger partial charge in [-0.05, 0) is 0 Å². The molecule has 4 aromatic heterocycles. The first-order valence-electron chi connectivity index (χ1n) is 10.3. The van der Waals surface area contributed by atoms with Crippen LogP contribution >= 0.6 is 22.7 Å². The molecule has 0 spiro atoms. The Morgan fingerprint density at radius 1 is 0.697 bits per heavy atom. The van der Waals surface area contributed by atoms with Gasteiger partial charge in [0.15, 0.2) is 0 Å². The fourth-order valence-electron chi connectivity index (χ4n) is 4.19. The number of thiophene rings is 2. The van der Waals surface area contributed by atoms with Crippen molar-refractivity contribution in [1.29, 1.82) is 0 Å². The molecule has 0 N–H and O–H groups in total. The number of hydrogen-bond acceptors (Lipinski definition) is 4. The van der Waals surface area contributed by atoms with Crippen LogP contribution in [0.4, 0.5) is 0 Å². The second kappa shape index (κ2) is 7.54. The Balaban J connectivity index is 1.24. The summed E-state index contributed by atoms with van der Waals surface area (Å²) in [4.78, 5) is 26.1. The molecule has 0 atom stereocenters. The summed E-state index contributed by atoms with van der Waals surface area (Å²) in [5.41, 5.74) is 2.21. The molecule has 0 radical (unpaired) electrons. The van der Waals surface area contributed by atoms with Gasteiger partial charge in [0.1, 0.15) is 0 Å². The average molecular weight is 596 g/mol. The molecule has 160 valence electrons. The molecule has 4 nitrogen and oxygen atoms in total. The molecule has 7 aromatic rings. The number of aromatic nitrogens is 2. The molecule has 0 saturated heterocycles. The van der Waals surface area contributed by atoms with Gasteiger partial charge in [0.25, 0.3) is 0 Å². The van der Waals surface area contributed by atoms with E-state index in [9.17, 15) is 9.59 Å². The van der Waals surface area contributed by atoms with Crippen molar-refractivity contribution in [2.75, 3.05) is 0 Å². The zero-order valence-electron chi connectivity index (χ0n) is 17.0. The summed E-state index contributed by atoms with van der Waals surface area (Å²) in [5, 5.41) is 8.10. The zero-order chi connectivity index (χ0) is 22.1. The van der Waals surface area contributed by atoms with Gasteiger partial charge in [-0.3, -0.25) is 0 Å². The first kappa shape index (κ1) is 20.0. The van der Waals surface area contributed by atoms with Crippen molar-refractivity contribution in [3.05, 3.63) is 97.7 Å². The average Bonchev–Trinajstić information content (AvgIpc) is 3.59. The van der Waals surface area contributed by atoms with E-state index in [-0.39, 0.29) is 40.6 Å². The van der Waals surface area contributed by atoms with E-state index in [4.69, 9.17) is 0 Å². The summed E-state index contributed by atoms with van der Waals surface area (Å²) in [6, 6.07) is 20.7. The van der Waals surface area contributed by atoms with E-state index in [1.54, 1.807) is 22.7 Å². The summed E-state index contributed by atoms with van der Waals surface area (Å²) in [7, 11) is 0. The normalized spacial score (nSPS) is 12.0. The van der Waals surface area contributed by atoms with E-state index < -0.39 is 0 Å². The SMILES string of the molecule is O=c1c2cc3ccsc3cc2[se]n1Cc1ccc(-n2[se]c3cc4sccc4cc3c2=O)cc1. The van der Waals surface area contributed by atoms with Crippen LogP contribution in [0.15, 0.2) is 81.0 Å². The molecule has 8 heteroatoms. The quantitative estimate of drug-likeness (QED) is 0.273. The number of nitrogens with zero attached hydrogens (tertiary/aromatic N) is 2. The predicted molar refractivity (Wildman–Crippen MR) is 142 cm³/mol. The minimum atomic E-state index is -0.0609. The van der Waals surface area contributed by atoms with Crippen LogP contribution in [0, 0.1) is 0 Å². The van der Waals surface area contributed by atoms with E-state index in [0.29, 0.717) is 6.54 Å². The molecular formula is C25H14N2O2S2Se2. The molecule has 3 aromatic carbocycles. The summed E-state index contributed by atoms with van der Waals surface area (Å²) in [5.74, 6) is 0. The molecule has 7 rings (SSSR count). The fourth-order valence-corrected chi connectivity index (χ4v) is 10.5. The first-order chi connectivity index (χ1) is 16.1. The van der Waals surface area contributed by atoms with Gasteiger partial charge >= 0.3 is 209 Å². The monoisotopic (exact) mass is 598 g/mol. The van der Waals surface area contributed by atoms with Crippen LogP contribution in [0.2, 0.25) is 0 Å². The minimum absolute atomic E-state index is 0.00814. The van der Waals surface area contributed by atoms with Crippen LogP contribution in [0.1, 0.15) is 5.56 Å². The molecule has 0 amide bonds. The molecule has 0 aliphatic rings. The van der Waals surface area contributed by atoms with E-state index in [2.05, 4.69) is 35.0 Å². The third kappa shape index (κ3) is 3.22. The number of rotatable bonds is 3. The van der Waals surface area contributed by atoms with E-state index >= 15 is 0 Å². The van der Waals surface area contributed by atoms with Gasteiger partial charge in [-0.25, -0.2) is 0 Å². The summed E-state index contributed by atoms with van der Waals surface area (Å²) in [6.07, 6.45) is 0. The first-order valence-corrected chi connectivity index (χ1v) is 15.3. The van der Waals surface area contributed by atoms with E-state index in [1.165, 1.54) is 13.7 Å². The van der Waals surface area contributed by atoms with Crippen molar-refractivity contribution >= 4 is 91.6 Å². The van der Waals surface area contributed by atoms with Gasteiger partial charge in [0.05, 0.1) is 0 Å². The fraction of sp³-hybridized carbons (Fsp3) is 0.0400. The van der Waals surface area contributed by atoms with Gasteiger partial charge in [0, 0.05) is 0 Å². The van der Waals surface area contributed by atoms with Crippen molar-refractivity contribution < 1.29 is 0 Å². The van der Waals surface area contributed by atoms with E-state index in [0.717, 1.165) is 37.1 Å². The maximum atomic E-state index is 13.1. The van der Waals surface area contributed by atoms with Gasteiger partial charge in [-0.2, -0.15) is 0 Å². The molecule has 0 fully saturated rings. The number of hydrogen-bond donors (Lipinski definition) is 0. The molecule has 4 heterocycles. The van der Waals surface area contributed by atoms with Gasteiger partial charge in [0.2, 0.25) is 0 Å². The molecule has 0 unspecified atom stereocenters. The van der Waals surface area contributed by atoms with Crippen LogP contribution in [0.5, 0.6) is 0 Å². The van der Waals surface area contributed by atoms with E-state index in [1.807, 2.05) is 43.5 Å². The molecule has 0 saturated carbocycles. The third-order valence-electron chi connectivity index (χ3n) is 5.88. The zero-order valence-corrected chi connectivity index (χ0v) is 22.0. The Hall–Kier alpha value is -2.44. The van der Waals surface area contributed by atoms with Crippen molar-refractivity contribution in [2.24, 2.45) is 0 Å². The van der Waals surface area contributed by atoms with Crippen LogP contribution < -0.4 is 11.1 Å². The standard InChI is InChI=1S/C25H14N2O2S2Se2/c28-24-18-9-15-5-7-30-20(15)11-22(18)32-26(24)13-14-1-3-17(4-2-14)27-25(29)19-10-16-6-8-31-21(16)12-23(19)33-27/h1-12H,13H2. The maximum absolute atomic E-state index is 13.1. The van der Waals surface area contributed by atoms with Crippen molar-refractivity contribution in [3.63, 3.8) is 0 Å². The Labute approximate surface area is 207 Å². The summed E-state index contributed by atoms with van der Waals surface area (Å²) >= 11 is 3.37. The number of benzene rings is 3. The van der Waals surface area contributed by atoms with Crippen LogP contribution in [-0.4, -0.2) is 36.6 Å². The Morgan fingerprint density at radius 3 is 1.97 bits per heavy atom.